The van der Waals surface area contributed by atoms with Crippen molar-refractivity contribution in [1.29, 1.82) is 0 Å². The largest absolute Gasteiger partial charge is 0.325 e. The monoisotopic (exact) mass is 441 g/mol. The van der Waals surface area contributed by atoms with Crippen LogP contribution in [0.5, 0.6) is 0 Å². The molecule has 0 radical (unpaired) electrons. The third-order valence-corrected chi connectivity index (χ3v) is 8.16. The molecule has 1 fully saturated rings. The number of aryl methyl sites for hydroxylation is 2. The van der Waals surface area contributed by atoms with Crippen LogP contribution in [0.15, 0.2) is 47.4 Å². The number of rotatable bonds is 7. The summed E-state index contributed by atoms with van der Waals surface area (Å²) in [7, 11) is -3.50. The van der Waals surface area contributed by atoms with Gasteiger partial charge in [0.05, 0.1) is 11.4 Å². The number of benzene rings is 2. The summed E-state index contributed by atoms with van der Waals surface area (Å²) in [5.41, 5.74) is 4.56. The molecule has 31 heavy (non-hydrogen) atoms. The number of nitrogens with zero attached hydrogens (tertiary/aromatic N) is 1. The Morgan fingerprint density at radius 2 is 1.74 bits per heavy atom. The van der Waals surface area contributed by atoms with Gasteiger partial charge in [-0.25, -0.2) is 8.42 Å². The quantitative estimate of drug-likeness (QED) is 0.688. The van der Waals surface area contributed by atoms with Crippen molar-refractivity contribution >= 4 is 21.6 Å². The Morgan fingerprint density at radius 3 is 2.52 bits per heavy atom. The Balaban J connectivity index is 1.35. The SMILES string of the molecule is CC(NCC(=O)Nc1cccc(S(=O)(=O)N2CCCC2)c1)c1ccc2c(c1)CCCC2. The van der Waals surface area contributed by atoms with E-state index in [1.54, 1.807) is 24.3 Å². The molecule has 166 valence electrons. The summed E-state index contributed by atoms with van der Waals surface area (Å²) in [6.45, 7) is 3.33. The third kappa shape index (κ3) is 5.17. The second-order valence-corrected chi connectivity index (χ2v) is 10.5. The van der Waals surface area contributed by atoms with Gasteiger partial charge in [-0.3, -0.25) is 4.79 Å². The number of anilines is 1. The van der Waals surface area contributed by atoms with Crippen LogP contribution in [0.3, 0.4) is 0 Å². The van der Waals surface area contributed by atoms with Gasteiger partial charge in [0.1, 0.15) is 0 Å². The van der Waals surface area contributed by atoms with Crippen LogP contribution < -0.4 is 10.6 Å². The van der Waals surface area contributed by atoms with Crippen molar-refractivity contribution in [2.45, 2.75) is 56.4 Å². The van der Waals surface area contributed by atoms with Gasteiger partial charge in [0.2, 0.25) is 15.9 Å². The summed E-state index contributed by atoms with van der Waals surface area (Å²) >= 11 is 0. The molecular weight excluding hydrogens is 410 g/mol. The van der Waals surface area contributed by atoms with Gasteiger partial charge in [0, 0.05) is 24.8 Å². The van der Waals surface area contributed by atoms with E-state index < -0.39 is 10.0 Å². The fourth-order valence-corrected chi connectivity index (χ4v) is 5.97. The van der Waals surface area contributed by atoms with Crippen LogP contribution >= 0.6 is 0 Å². The van der Waals surface area contributed by atoms with E-state index in [-0.39, 0.29) is 23.4 Å². The number of carbonyl (C=O) groups excluding carboxylic acids is 1. The molecule has 0 aromatic heterocycles. The minimum atomic E-state index is -3.50. The molecule has 1 heterocycles. The lowest BCUT2D eigenvalue weighted by atomic mass is 9.89. The van der Waals surface area contributed by atoms with Crippen LogP contribution in [0, 0.1) is 0 Å². The molecule has 1 aliphatic heterocycles. The molecule has 2 N–H and O–H groups in total. The van der Waals surface area contributed by atoms with Crippen molar-refractivity contribution < 1.29 is 13.2 Å². The smallest absolute Gasteiger partial charge is 0.243 e. The first-order valence-corrected chi connectivity index (χ1v) is 12.6. The van der Waals surface area contributed by atoms with Crippen LogP contribution in [0.4, 0.5) is 5.69 Å². The Morgan fingerprint density at radius 1 is 1.00 bits per heavy atom. The molecule has 1 aliphatic carbocycles. The molecule has 0 spiro atoms. The van der Waals surface area contributed by atoms with Crippen molar-refractivity contribution in [3.8, 4) is 0 Å². The van der Waals surface area contributed by atoms with E-state index in [2.05, 4.69) is 35.8 Å². The van der Waals surface area contributed by atoms with Crippen molar-refractivity contribution in [3.63, 3.8) is 0 Å². The summed E-state index contributed by atoms with van der Waals surface area (Å²) in [5.74, 6) is -0.194. The minimum absolute atomic E-state index is 0.0554. The highest BCUT2D eigenvalue weighted by Gasteiger charge is 2.27. The van der Waals surface area contributed by atoms with Crippen molar-refractivity contribution in [2.75, 3.05) is 25.0 Å². The fourth-order valence-electron chi connectivity index (χ4n) is 4.40. The van der Waals surface area contributed by atoms with Gasteiger partial charge < -0.3 is 10.6 Å². The average molecular weight is 442 g/mol. The van der Waals surface area contributed by atoms with E-state index in [1.165, 1.54) is 33.8 Å². The molecule has 1 unspecified atom stereocenters. The standard InChI is InChI=1S/C24H31N3O3S/c1-18(20-12-11-19-7-2-3-8-21(19)15-20)25-17-24(28)26-22-9-6-10-23(16-22)31(29,30)27-13-4-5-14-27/h6,9-12,15-16,18,25H,2-5,7-8,13-14,17H2,1H3,(H,26,28). The predicted molar refractivity (Wildman–Crippen MR) is 123 cm³/mol. The molecule has 2 aromatic rings. The molecular formula is C24H31N3O3S. The van der Waals surface area contributed by atoms with Crippen LogP contribution in [0.1, 0.15) is 55.3 Å². The average Bonchev–Trinajstić information content (AvgIpc) is 3.33. The molecule has 4 rings (SSSR count). The van der Waals surface area contributed by atoms with E-state index in [4.69, 9.17) is 0 Å². The summed E-state index contributed by atoms with van der Waals surface area (Å²) < 4.78 is 27.0. The lowest BCUT2D eigenvalue weighted by Crippen LogP contribution is -2.30. The first-order valence-electron chi connectivity index (χ1n) is 11.2. The number of sulfonamides is 1. The van der Waals surface area contributed by atoms with E-state index in [0.29, 0.717) is 18.8 Å². The lowest BCUT2D eigenvalue weighted by Gasteiger charge is -2.20. The Kier molecular flexibility index (Phi) is 6.74. The van der Waals surface area contributed by atoms with E-state index in [0.717, 1.165) is 25.7 Å². The summed E-state index contributed by atoms with van der Waals surface area (Å²) in [6.07, 6.45) is 6.58. The van der Waals surface area contributed by atoms with Crippen molar-refractivity contribution in [1.82, 2.24) is 9.62 Å². The third-order valence-electron chi connectivity index (χ3n) is 6.26. The summed E-state index contributed by atoms with van der Waals surface area (Å²) in [4.78, 5) is 12.7. The normalized spacial score (nSPS) is 17.8. The Labute approximate surface area is 185 Å². The predicted octanol–water partition coefficient (Wildman–Crippen LogP) is 3.64. The first-order chi connectivity index (χ1) is 14.9. The van der Waals surface area contributed by atoms with Crippen LogP contribution in [0.25, 0.3) is 0 Å². The van der Waals surface area contributed by atoms with Gasteiger partial charge in [-0.05, 0) is 80.3 Å². The number of amides is 1. The zero-order valence-electron chi connectivity index (χ0n) is 18.1. The fraction of sp³-hybridized carbons (Fsp3) is 0.458. The maximum Gasteiger partial charge on any atom is 0.243 e. The van der Waals surface area contributed by atoms with Gasteiger partial charge in [-0.2, -0.15) is 4.31 Å². The van der Waals surface area contributed by atoms with Crippen LogP contribution in [0.2, 0.25) is 0 Å². The molecule has 7 heteroatoms. The van der Waals surface area contributed by atoms with E-state index in [1.807, 2.05) is 0 Å². The molecule has 1 saturated heterocycles. The van der Waals surface area contributed by atoms with Crippen LogP contribution in [-0.4, -0.2) is 38.3 Å². The highest BCUT2D eigenvalue weighted by Crippen LogP contribution is 2.25. The second-order valence-electron chi connectivity index (χ2n) is 8.53. The summed E-state index contributed by atoms with van der Waals surface area (Å²) in [5, 5.41) is 6.09. The van der Waals surface area contributed by atoms with E-state index in [9.17, 15) is 13.2 Å². The molecule has 0 saturated carbocycles. The molecule has 6 nitrogen and oxygen atoms in total. The van der Waals surface area contributed by atoms with Gasteiger partial charge in [-0.1, -0.05) is 24.3 Å². The maximum atomic E-state index is 12.7. The van der Waals surface area contributed by atoms with Gasteiger partial charge in [-0.15, -0.1) is 0 Å². The van der Waals surface area contributed by atoms with Crippen LogP contribution in [-0.2, 0) is 27.7 Å². The lowest BCUT2D eigenvalue weighted by molar-refractivity contribution is -0.115. The topological polar surface area (TPSA) is 78.5 Å². The Bertz CT molecular complexity index is 1050. The zero-order valence-corrected chi connectivity index (χ0v) is 18.9. The number of carbonyl (C=O) groups is 1. The minimum Gasteiger partial charge on any atom is -0.325 e. The first kappa shape index (κ1) is 22.0. The maximum absolute atomic E-state index is 12.7. The van der Waals surface area contributed by atoms with Crippen molar-refractivity contribution in [2.24, 2.45) is 0 Å². The van der Waals surface area contributed by atoms with Gasteiger partial charge in [0.15, 0.2) is 0 Å². The highest BCUT2D eigenvalue weighted by molar-refractivity contribution is 7.89. The Hall–Kier alpha value is -2.22. The number of hydrogen-bond acceptors (Lipinski definition) is 4. The number of nitrogens with one attached hydrogen (secondary N) is 2. The number of fused-ring (bicyclic) bond motifs is 1. The molecule has 1 atom stereocenters. The van der Waals surface area contributed by atoms with Gasteiger partial charge in [0.25, 0.3) is 0 Å². The molecule has 2 aromatic carbocycles. The van der Waals surface area contributed by atoms with Gasteiger partial charge >= 0.3 is 0 Å². The van der Waals surface area contributed by atoms with Crippen molar-refractivity contribution in [3.05, 3.63) is 59.2 Å². The molecule has 2 aliphatic rings. The summed E-state index contributed by atoms with van der Waals surface area (Å²) in [6, 6.07) is 13.2. The van der Waals surface area contributed by atoms with E-state index >= 15 is 0 Å². The molecule has 0 bridgehead atoms. The second kappa shape index (κ2) is 9.51. The zero-order chi connectivity index (χ0) is 21.8. The molecule has 1 amide bonds. The number of hydrogen-bond donors (Lipinski definition) is 2. The highest BCUT2D eigenvalue weighted by atomic mass is 32.2.